The second-order valence-electron chi connectivity index (χ2n) is 11.6. The number of halogens is 2. The van der Waals surface area contributed by atoms with Crippen LogP contribution < -0.4 is 14.8 Å². The van der Waals surface area contributed by atoms with Crippen LogP contribution in [0.15, 0.2) is 48.8 Å². The number of hydrogen-bond donors (Lipinski definition) is 1. The lowest BCUT2D eigenvalue weighted by atomic mass is 9.98. The lowest BCUT2D eigenvalue weighted by Gasteiger charge is -2.34. The number of nitrogens with one attached hydrogen (secondary N) is 1. The lowest BCUT2D eigenvalue weighted by molar-refractivity contribution is -0.117. The van der Waals surface area contributed by atoms with Gasteiger partial charge in [-0.3, -0.25) is 19.7 Å². The normalized spacial score (nSPS) is 16.7. The van der Waals surface area contributed by atoms with Gasteiger partial charge in [-0.05, 0) is 18.9 Å². The maximum atomic E-state index is 11.6. The van der Waals surface area contributed by atoms with Crippen LogP contribution in [0.25, 0.3) is 33.6 Å². The molecule has 0 spiro atoms. The number of Topliss-reactive ketones (excluding diaryl/α,β-unsaturated/α-hetero) is 1. The highest BCUT2D eigenvalue weighted by atomic mass is 35.5. The van der Waals surface area contributed by atoms with Crippen LogP contribution in [0.2, 0.25) is 10.0 Å². The first-order valence-corrected chi connectivity index (χ1v) is 15.9. The average molecular weight is 659 g/mol. The molecule has 4 aromatic rings. The largest absolute Gasteiger partial charge is 0.480 e. The predicted octanol–water partition coefficient (Wildman–Crippen LogP) is 6.01. The Morgan fingerprint density at radius 1 is 0.913 bits per heavy atom. The SMILES string of the molecule is COc1nc(-c2cccc(-c3cccc(-c4cnc(CN5CC(C#N)C5)c(OC)n4)c3Cl)c2Cl)cnc1CNC[C@@H]1CCC(=O)C1. The van der Waals surface area contributed by atoms with Gasteiger partial charge in [-0.25, -0.2) is 9.97 Å². The van der Waals surface area contributed by atoms with E-state index >= 15 is 0 Å². The number of ether oxygens (including phenoxy) is 2. The Morgan fingerprint density at radius 2 is 1.48 bits per heavy atom. The highest BCUT2D eigenvalue weighted by molar-refractivity contribution is 6.39. The third kappa shape index (κ3) is 6.69. The zero-order valence-corrected chi connectivity index (χ0v) is 27.1. The smallest absolute Gasteiger partial charge is 0.237 e. The van der Waals surface area contributed by atoms with Gasteiger partial charge in [0.05, 0.1) is 60.0 Å². The monoisotopic (exact) mass is 657 g/mol. The first kappa shape index (κ1) is 31.8. The fourth-order valence-corrected chi connectivity index (χ4v) is 6.59. The van der Waals surface area contributed by atoms with Crippen LogP contribution in [0.3, 0.4) is 0 Å². The molecular weight excluding hydrogens is 625 g/mol. The van der Waals surface area contributed by atoms with E-state index in [1.54, 1.807) is 26.6 Å². The van der Waals surface area contributed by atoms with Gasteiger partial charge < -0.3 is 14.8 Å². The van der Waals surface area contributed by atoms with E-state index in [9.17, 15) is 4.79 Å². The van der Waals surface area contributed by atoms with Crippen molar-refractivity contribution in [3.05, 3.63) is 70.2 Å². The maximum absolute atomic E-state index is 11.6. The van der Waals surface area contributed by atoms with Gasteiger partial charge in [0.25, 0.3) is 0 Å². The zero-order chi connectivity index (χ0) is 32.2. The minimum atomic E-state index is 0.0571. The van der Waals surface area contributed by atoms with Gasteiger partial charge >= 0.3 is 0 Å². The van der Waals surface area contributed by atoms with Crippen molar-refractivity contribution in [1.82, 2.24) is 30.2 Å². The van der Waals surface area contributed by atoms with Crippen LogP contribution in [-0.4, -0.2) is 64.5 Å². The van der Waals surface area contributed by atoms with Gasteiger partial charge in [0.15, 0.2) is 0 Å². The van der Waals surface area contributed by atoms with E-state index in [1.165, 1.54) is 0 Å². The molecule has 2 fully saturated rings. The molecule has 3 heterocycles. The predicted molar refractivity (Wildman–Crippen MR) is 175 cm³/mol. The number of ketones is 1. The van der Waals surface area contributed by atoms with E-state index in [-0.39, 0.29) is 5.92 Å². The molecule has 1 atom stereocenters. The van der Waals surface area contributed by atoms with Crippen molar-refractivity contribution in [2.45, 2.75) is 32.4 Å². The average Bonchev–Trinajstić information content (AvgIpc) is 3.47. The molecule has 1 saturated carbocycles. The number of aromatic nitrogens is 4. The third-order valence-electron chi connectivity index (χ3n) is 8.44. The van der Waals surface area contributed by atoms with Crippen LogP contribution in [-0.2, 0) is 17.9 Å². The summed E-state index contributed by atoms with van der Waals surface area (Å²) in [4.78, 5) is 32.4. The number of likely N-dealkylation sites (tertiary alicyclic amines) is 1. The topological polar surface area (TPSA) is 126 Å². The van der Waals surface area contributed by atoms with Crippen molar-refractivity contribution < 1.29 is 14.3 Å². The summed E-state index contributed by atoms with van der Waals surface area (Å²) < 4.78 is 11.2. The Balaban J connectivity index is 1.24. The maximum Gasteiger partial charge on any atom is 0.237 e. The molecule has 46 heavy (non-hydrogen) atoms. The first-order chi connectivity index (χ1) is 22.4. The van der Waals surface area contributed by atoms with Gasteiger partial charge in [0.2, 0.25) is 11.8 Å². The molecule has 1 aliphatic heterocycles. The van der Waals surface area contributed by atoms with Crippen molar-refractivity contribution in [3.8, 4) is 51.5 Å². The van der Waals surface area contributed by atoms with E-state index < -0.39 is 0 Å². The van der Waals surface area contributed by atoms with E-state index in [2.05, 4.69) is 26.3 Å². The van der Waals surface area contributed by atoms with Gasteiger partial charge in [-0.2, -0.15) is 5.26 Å². The molecule has 6 rings (SSSR count). The number of carbonyl (C=O) groups excluding carboxylic acids is 1. The quantitative estimate of drug-likeness (QED) is 0.205. The molecule has 1 aliphatic carbocycles. The highest BCUT2D eigenvalue weighted by Crippen LogP contribution is 2.42. The molecule has 0 bridgehead atoms. The molecule has 2 aromatic heterocycles. The van der Waals surface area contributed by atoms with Crippen molar-refractivity contribution in [1.29, 1.82) is 5.26 Å². The number of nitrogens with zero attached hydrogens (tertiary/aromatic N) is 6. The summed E-state index contributed by atoms with van der Waals surface area (Å²) in [5.41, 5.74) is 5.34. The summed E-state index contributed by atoms with van der Waals surface area (Å²) in [6.45, 7) is 3.20. The van der Waals surface area contributed by atoms with Crippen molar-refractivity contribution in [2.24, 2.45) is 11.8 Å². The van der Waals surface area contributed by atoms with Crippen molar-refractivity contribution in [3.63, 3.8) is 0 Å². The fourth-order valence-electron chi connectivity index (χ4n) is 5.94. The first-order valence-electron chi connectivity index (χ1n) is 15.1. The van der Waals surface area contributed by atoms with Crippen LogP contribution >= 0.6 is 23.2 Å². The fraction of sp³-hybridized carbons (Fsp3) is 0.353. The van der Waals surface area contributed by atoms with E-state index in [4.69, 9.17) is 47.9 Å². The minimum Gasteiger partial charge on any atom is -0.480 e. The summed E-state index contributed by atoms with van der Waals surface area (Å²) >= 11 is 14.1. The number of carbonyl (C=O) groups is 1. The summed E-state index contributed by atoms with van der Waals surface area (Å²) in [6, 6.07) is 13.7. The molecule has 0 radical (unpaired) electrons. The standard InChI is InChI=1S/C34H33Cl2N7O3/c1-45-33-29(14-38-13-20-9-10-22(44)11-20)39-15-27(41-33)25-7-3-5-23(31(25)35)24-6-4-8-26(32(24)36)28-16-40-30(34(42-28)46-2)19-43-17-21(12-37)18-43/h3-8,15-16,20-21,38H,9-11,13-14,17-19H2,1-2H3/t20-/m1/s1. The Hall–Kier alpha value is -4.14. The Kier molecular flexibility index (Phi) is 9.75. The molecule has 0 unspecified atom stereocenters. The van der Waals surface area contributed by atoms with E-state index in [0.29, 0.717) is 106 Å². The van der Waals surface area contributed by atoms with Crippen molar-refractivity contribution >= 4 is 29.0 Å². The molecule has 12 heteroatoms. The molecule has 0 amide bonds. The molecule has 1 N–H and O–H groups in total. The molecule has 1 saturated heterocycles. The second-order valence-corrected chi connectivity index (χ2v) is 12.3. The third-order valence-corrected chi connectivity index (χ3v) is 9.25. The summed E-state index contributed by atoms with van der Waals surface area (Å²) in [6.07, 6.45) is 5.60. The Morgan fingerprint density at radius 3 is 2.02 bits per heavy atom. The van der Waals surface area contributed by atoms with E-state index in [0.717, 1.165) is 24.1 Å². The Labute approximate surface area is 277 Å². The highest BCUT2D eigenvalue weighted by Gasteiger charge is 2.28. The van der Waals surface area contributed by atoms with Crippen LogP contribution in [0, 0.1) is 23.2 Å². The van der Waals surface area contributed by atoms with Gasteiger partial charge in [0, 0.05) is 61.3 Å². The molecule has 236 valence electrons. The van der Waals surface area contributed by atoms with Gasteiger partial charge in [-0.15, -0.1) is 0 Å². The van der Waals surface area contributed by atoms with Gasteiger partial charge in [0.1, 0.15) is 17.2 Å². The Bertz CT molecular complexity index is 1810. The molecule has 2 aliphatic rings. The van der Waals surface area contributed by atoms with Crippen LogP contribution in [0.5, 0.6) is 11.8 Å². The molecule has 2 aromatic carbocycles. The molecule has 10 nitrogen and oxygen atoms in total. The lowest BCUT2D eigenvalue weighted by Crippen LogP contribution is -2.45. The molecular formula is C34H33Cl2N7O3. The number of methoxy groups -OCH3 is 2. The minimum absolute atomic E-state index is 0.0571. The summed E-state index contributed by atoms with van der Waals surface area (Å²) in [5, 5.41) is 13.4. The number of rotatable bonds is 11. The zero-order valence-electron chi connectivity index (χ0n) is 25.6. The second kappa shape index (κ2) is 14.1. The van der Waals surface area contributed by atoms with Crippen LogP contribution in [0.1, 0.15) is 30.7 Å². The number of nitriles is 1. The van der Waals surface area contributed by atoms with Crippen LogP contribution in [0.4, 0.5) is 0 Å². The number of hydrogen-bond acceptors (Lipinski definition) is 10. The number of benzene rings is 2. The van der Waals surface area contributed by atoms with E-state index in [1.807, 2.05) is 36.4 Å². The summed E-state index contributed by atoms with van der Waals surface area (Å²) in [7, 11) is 3.13. The van der Waals surface area contributed by atoms with Gasteiger partial charge in [-0.1, -0.05) is 59.6 Å². The van der Waals surface area contributed by atoms with Crippen molar-refractivity contribution in [2.75, 3.05) is 33.9 Å². The summed E-state index contributed by atoms with van der Waals surface area (Å²) in [5.74, 6) is 1.57.